The second kappa shape index (κ2) is 13.7. The minimum atomic E-state index is -0.182. The van der Waals surface area contributed by atoms with Crippen LogP contribution in [0.4, 0.5) is 5.69 Å². The number of benzene rings is 2. The number of carbonyl (C=O) groups is 2. The first-order valence-electron chi connectivity index (χ1n) is 11.9. The number of nitrogens with one attached hydrogen (secondary N) is 2. The highest BCUT2D eigenvalue weighted by Crippen LogP contribution is 2.22. The number of morpholine rings is 1. The molecule has 8 heteroatoms. The second-order valence-electron chi connectivity index (χ2n) is 8.48. The molecule has 1 heterocycles. The van der Waals surface area contributed by atoms with Crippen molar-refractivity contribution in [2.75, 3.05) is 58.3 Å². The van der Waals surface area contributed by atoms with E-state index in [1.54, 1.807) is 19.2 Å². The average Bonchev–Trinajstić information content (AvgIpc) is 2.84. The van der Waals surface area contributed by atoms with E-state index in [1.165, 1.54) is 5.56 Å². The summed E-state index contributed by atoms with van der Waals surface area (Å²) in [6.45, 7) is 6.60. The van der Waals surface area contributed by atoms with E-state index < -0.39 is 0 Å². The van der Waals surface area contributed by atoms with Gasteiger partial charge in [0, 0.05) is 26.2 Å². The van der Waals surface area contributed by atoms with Crippen LogP contribution in [-0.4, -0.2) is 80.7 Å². The van der Waals surface area contributed by atoms with E-state index in [2.05, 4.69) is 27.7 Å². The van der Waals surface area contributed by atoms with Gasteiger partial charge in [-0.1, -0.05) is 49.4 Å². The van der Waals surface area contributed by atoms with Crippen LogP contribution in [0.25, 0.3) is 0 Å². The Morgan fingerprint density at radius 3 is 2.59 bits per heavy atom. The van der Waals surface area contributed by atoms with Gasteiger partial charge in [0.2, 0.25) is 11.8 Å². The predicted molar refractivity (Wildman–Crippen MR) is 133 cm³/mol. The smallest absolute Gasteiger partial charge is 0.238 e. The Morgan fingerprint density at radius 2 is 1.82 bits per heavy atom. The van der Waals surface area contributed by atoms with Crippen molar-refractivity contribution < 1.29 is 19.1 Å². The number of amides is 2. The lowest BCUT2D eigenvalue weighted by Gasteiger charge is -2.33. The Labute approximate surface area is 202 Å². The van der Waals surface area contributed by atoms with Crippen LogP contribution >= 0.6 is 0 Å². The van der Waals surface area contributed by atoms with E-state index in [9.17, 15) is 9.59 Å². The molecule has 1 saturated heterocycles. The van der Waals surface area contributed by atoms with Crippen LogP contribution in [-0.2, 0) is 20.9 Å². The van der Waals surface area contributed by atoms with Crippen molar-refractivity contribution in [2.24, 2.45) is 0 Å². The third-order valence-electron chi connectivity index (χ3n) is 5.65. The third kappa shape index (κ3) is 8.44. The fourth-order valence-electron chi connectivity index (χ4n) is 4.05. The molecule has 0 spiro atoms. The minimum absolute atomic E-state index is 0.0464. The second-order valence-corrected chi connectivity index (χ2v) is 8.48. The van der Waals surface area contributed by atoms with Crippen LogP contribution in [0.5, 0.6) is 5.75 Å². The maximum Gasteiger partial charge on any atom is 0.238 e. The van der Waals surface area contributed by atoms with Gasteiger partial charge in [0.15, 0.2) is 0 Å². The molecule has 2 aromatic rings. The van der Waals surface area contributed by atoms with Gasteiger partial charge in [-0.3, -0.25) is 19.4 Å². The third-order valence-corrected chi connectivity index (χ3v) is 5.65. The Morgan fingerprint density at radius 1 is 1.09 bits per heavy atom. The first-order chi connectivity index (χ1) is 16.6. The lowest BCUT2D eigenvalue weighted by molar-refractivity contribution is -0.124. The molecule has 0 bridgehead atoms. The zero-order chi connectivity index (χ0) is 24.2. The standard InChI is InChI=1S/C26H36N4O4/c1-3-13-29(20-26(32)28-23-11-7-8-12-24(23)33-2)19-25(31)27-16-22-18-30(14-15-34-22)17-21-9-5-4-6-10-21/h4-12,22H,3,13-20H2,1-2H3,(H,27,31)(H,28,32). The number of anilines is 1. The van der Waals surface area contributed by atoms with Gasteiger partial charge in [-0.2, -0.15) is 0 Å². The van der Waals surface area contributed by atoms with Crippen LogP contribution in [0, 0.1) is 0 Å². The largest absolute Gasteiger partial charge is 0.495 e. The molecule has 1 aliphatic rings. The van der Waals surface area contributed by atoms with Gasteiger partial charge < -0.3 is 20.1 Å². The molecular formula is C26H36N4O4. The fourth-order valence-corrected chi connectivity index (χ4v) is 4.05. The first-order valence-corrected chi connectivity index (χ1v) is 11.9. The number of para-hydroxylation sites is 2. The Hall–Kier alpha value is -2.94. The summed E-state index contributed by atoms with van der Waals surface area (Å²) in [6, 6.07) is 17.6. The van der Waals surface area contributed by atoms with E-state index >= 15 is 0 Å². The maximum atomic E-state index is 12.6. The van der Waals surface area contributed by atoms with Crippen LogP contribution in [0.1, 0.15) is 18.9 Å². The summed E-state index contributed by atoms with van der Waals surface area (Å²) in [7, 11) is 1.57. The van der Waals surface area contributed by atoms with Gasteiger partial charge >= 0.3 is 0 Å². The molecule has 8 nitrogen and oxygen atoms in total. The molecule has 184 valence electrons. The molecule has 34 heavy (non-hydrogen) atoms. The van der Waals surface area contributed by atoms with E-state index in [0.29, 0.717) is 31.1 Å². The van der Waals surface area contributed by atoms with Crippen molar-refractivity contribution in [1.82, 2.24) is 15.1 Å². The van der Waals surface area contributed by atoms with Gasteiger partial charge in [-0.15, -0.1) is 0 Å². The van der Waals surface area contributed by atoms with E-state index in [-0.39, 0.29) is 31.0 Å². The zero-order valence-electron chi connectivity index (χ0n) is 20.2. The molecule has 2 aromatic carbocycles. The van der Waals surface area contributed by atoms with Gasteiger partial charge in [0.05, 0.1) is 38.6 Å². The van der Waals surface area contributed by atoms with Gasteiger partial charge in [-0.05, 0) is 30.7 Å². The summed E-state index contributed by atoms with van der Waals surface area (Å²) in [5.74, 6) is 0.310. The number of nitrogens with zero attached hydrogens (tertiary/aromatic N) is 2. The number of carbonyl (C=O) groups excluding carboxylic acids is 2. The van der Waals surface area contributed by atoms with Crippen molar-refractivity contribution in [3.63, 3.8) is 0 Å². The molecule has 0 aromatic heterocycles. The minimum Gasteiger partial charge on any atom is -0.495 e. The summed E-state index contributed by atoms with van der Waals surface area (Å²) >= 11 is 0. The topological polar surface area (TPSA) is 83.1 Å². The number of hydrogen-bond donors (Lipinski definition) is 2. The van der Waals surface area contributed by atoms with Crippen molar-refractivity contribution in [2.45, 2.75) is 26.0 Å². The summed E-state index contributed by atoms with van der Waals surface area (Å²) in [4.78, 5) is 29.4. The molecule has 0 radical (unpaired) electrons. The monoisotopic (exact) mass is 468 g/mol. The lowest BCUT2D eigenvalue weighted by atomic mass is 10.2. The quantitative estimate of drug-likeness (QED) is 0.498. The molecule has 0 saturated carbocycles. The Balaban J connectivity index is 1.43. The highest BCUT2D eigenvalue weighted by molar-refractivity contribution is 5.94. The van der Waals surface area contributed by atoms with Crippen molar-refractivity contribution in [3.05, 3.63) is 60.2 Å². The first kappa shape index (κ1) is 25.7. The van der Waals surface area contributed by atoms with Gasteiger partial charge in [0.1, 0.15) is 5.75 Å². The zero-order valence-corrected chi connectivity index (χ0v) is 20.2. The molecular weight excluding hydrogens is 432 g/mol. The summed E-state index contributed by atoms with van der Waals surface area (Å²) in [5, 5.41) is 5.85. The fraction of sp³-hybridized carbons (Fsp3) is 0.462. The average molecular weight is 469 g/mol. The van der Waals surface area contributed by atoms with Gasteiger partial charge in [0.25, 0.3) is 0 Å². The normalized spacial score (nSPS) is 16.3. The Bertz CT molecular complexity index is 909. The molecule has 2 N–H and O–H groups in total. The molecule has 1 unspecified atom stereocenters. The van der Waals surface area contributed by atoms with Crippen LogP contribution in [0.15, 0.2) is 54.6 Å². The van der Waals surface area contributed by atoms with Crippen LogP contribution in [0.3, 0.4) is 0 Å². The van der Waals surface area contributed by atoms with Crippen molar-refractivity contribution >= 4 is 17.5 Å². The van der Waals surface area contributed by atoms with E-state index in [0.717, 1.165) is 26.1 Å². The van der Waals surface area contributed by atoms with E-state index in [4.69, 9.17) is 9.47 Å². The predicted octanol–water partition coefficient (Wildman–Crippen LogP) is 2.36. The molecule has 1 atom stereocenters. The van der Waals surface area contributed by atoms with Crippen molar-refractivity contribution in [3.8, 4) is 5.75 Å². The number of hydrogen-bond acceptors (Lipinski definition) is 6. The van der Waals surface area contributed by atoms with Crippen LogP contribution < -0.4 is 15.4 Å². The summed E-state index contributed by atoms with van der Waals surface area (Å²) < 4.78 is 11.1. The molecule has 1 fully saturated rings. The highest BCUT2D eigenvalue weighted by atomic mass is 16.5. The molecule has 2 amide bonds. The maximum absolute atomic E-state index is 12.6. The Kier molecular flexibility index (Phi) is 10.3. The van der Waals surface area contributed by atoms with Crippen LogP contribution in [0.2, 0.25) is 0 Å². The molecule has 0 aliphatic carbocycles. The number of rotatable bonds is 12. The van der Waals surface area contributed by atoms with Crippen molar-refractivity contribution in [1.29, 1.82) is 0 Å². The lowest BCUT2D eigenvalue weighted by Crippen LogP contribution is -2.49. The number of ether oxygens (including phenoxy) is 2. The number of methoxy groups -OCH3 is 1. The summed E-state index contributed by atoms with van der Waals surface area (Å²) in [6.07, 6.45) is 0.796. The molecule has 1 aliphatic heterocycles. The van der Waals surface area contributed by atoms with Gasteiger partial charge in [-0.25, -0.2) is 0 Å². The highest BCUT2D eigenvalue weighted by Gasteiger charge is 2.22. The van der Waals surface area contributed by atoms with E-state index in [1.807, 2.05) is 42.2 Å². The summed E-state index contributed by atoms with van der Waals surface area (Å²) in [5.41, 5.74) is 1.89. The molecule has 3 rings (SSSR count). The SMILES string of the molecule is CCCN(CC(=O)NCC1CN(Cc2ccccc2)CCO1)CC(=O)Nc1ccccc1OC.